The Morgan fingerprint density at radius 3 is 2.16 bits per heavy atom. The standard InChI is InChI=1S/C24H35BN2O4/c1-22(2)19-8-7-16(25-30-23(3,4)24(5,6)31-25)13-20(19)27(21(22)28)18-14-17(15-18)26-9-11-29-12-10-26/h7-8,13,17-18H,9-12,14-15H2,1-6H3. The predicted octanol–water partition coefficient (Wildman–Crippen LogP) is 2.47. The quantitative estimate of drug-likeness (QED) is 0.696. The number of carbonyl (C=O) groups is 1. The van der Waals surface area contributed by atoms with E-state index in [2.05, 4.69) is 55.7 Å². The molecule has 3 heterocycles. The van der Waals surface area contributed by atoms with E-state index in [4.69, 9.17) is 14.0 Å². The molecule has 0 N–H and O–H groups in total. The van der Waals surface area contributed by atoms with Crippen LogP contribution in [-0.2, 0) is 24.3 Å². The molecule has 3 fully saturated rings. The summed E-state index contributed by atoms with van der Waals surface area (Å²) in [6.45, 7) is 16.0. The van der Waals surface area contributed by atoms with Crippen LogP contribution in [0.5, 0.6) is 0 Å². The molecular weight excluding hydrogens is 391 g/mol. The van der Waals surface area contributed by atoms with Crippen LogP contribution in [0.3, 0.4) is 0 Å². The van der Waals surface area contributed by atoms with Gasteiger partial charge in [-0.1, -0.05) is 12.1 Å². The molecule has 1 saturated carbocycles. The minimum Gasteiger partial charge on any atom is -0.399 e. The van der Waals surface area contributed by atoms with Crippen LogP contribution in [0.4, 0.5) is 5.69 Å². The summed E-state index contributed by atoms with van der Waals surface area (Å²) in [5.74, 6) is 0.207. The van der Waals surface area contributed by atoms with E-state index >= 15 is 0 Å². The number of anilines is 1. The third-order valence-corrected chi connectivity index (χ3v) is 8.25. The van der Waals surface area contributed by atoms with Crippen molar-refractivity contribution in [1.29, 1.82) is 0 Å². The second kappa shape index (κ2) is 7.04. The van der Waals surface area contributed by atoms with Gasteiger partial charge in [0.2, 0.25) is 5.91 Å². The van der Waals surface area contributed by atoms with Gasteiger partial charge in [-0.3, -0.25) is 9.69 Å². The molecular formula is C24H35BN2O4. The van der Waals surface area contributed by atoms with E-state index in [9.17, 15) is 4.79 Å². The van der Waals surface area contributed by atoms with Crippen LogP contribution in [0.15, 0.2) is 18.2 Å². The van der Waals surface area contributed by atoms with Gasteiger partial charge in [-0.05, 0) is 71.5 Å². The van der Waals surface area contributed by atoms with Gasteiger partial charge >= 0.3 is 7.12 Å². The van der Waals surface area contributed by atoms with Crippen molar-refractivity contribution in [3.63, 3.8) is 0 Å². The third-order valence-electron chi connectivity index (χ3n) is 8.25. The number of fused-ring (bicyclic) bond motifs is 1. The summed E-state index contributed by atoms with van der Waals surface area (Å²) in [5.41, 5.74) is 1.85. The van der Waals surface area contributed by atoms with E-state index in [0.29, 0.717) is 6.04 Å². The molecule has 4 aliphatic rings. The Morgan fingerprint density at radius 1 is 0.935 bits per heavy atom. The van der Waals surface area contributed by atoms with Gasteiger partial charge in [0.15, 0.2) is 0 Å². The molecule has 0 radical (unpaired) electrons. The molecule has 2 saturated heterocycles. The molecule has 31 heavy (non-hydrogen) atoms. The first kappa shape index (κ1) is 21.4. The van der Waals surface area contributed by atoms with Crippen LogP contribution < -0.4 is 10.4 Å². The smallest absolute Gasteiger partial charge is 0.399 e. The minimum absolute atomic E-state index is 0.207. The van der Waals surface area contributed by atoms with E-state index in [1.54, 1.807) is 0 Å². The Kier molecular flexibility index (Phi) is 4.87. The Hall–Kier alpha value is -1.41. The van der Waals surface area contributed by atoms with Gasteiger partial charge in [-0.2, -0.15) is 0 Å². The first-order valence-electron chi connectivity index (χ1n) is 11.7. The summed E-state index contributed by atoms with van der Waals surface area (Å²) in [4.78, 5) is 18.1. The lowest BCUT2D eigenvalue weighted by atomic mass is 9.76. The Balaban J connectivity index is 1.40. The molecule has 0 unspecified atom stereocenters. The normalized spacial score (nSPS) is 31.6. The Bertz CT molecular complexity index is 872. The van der Waals surface area contributed by atoms with E-state index < -0.39 is 12.5 Å². The number of nitrogens with zero attached hydrogens (tertiary/aromatic N) is 2. The fourth-order valence-electron chi connectivity index (χ4n) is 5.30. The number of benzene rings is 1. The maximum atomic E-state index is 13.5. The summed E-state index contributed by atoms with van der Waals surface area (Å²) in [5, 5.41) is 0. The highest BCUT2D eigenvalue weighted by atomic mass is 16.7. The van der Waals surface area contributed by atoms with Crippen molar-refractivity contribution in [3.8, 4) is 0 Å². The molecule has 5 rings (SSSR count). The fraction of sp³-hybridized carbons (Fsp3) is 0.708. The van der Waals surface area contributed by atoms with Crippen LogP contribution in [0.2, 0.25) is 0 Å². The predicted molar refractivity (Wildman–Crippen MR) is 122 cm³/mol. The van der Waals surface area contributed by atoms with Crippen LogP contribution >= 0.6 is 0 Å². The lowest BCUT2D eigenvalue weighted by Gasteiger charge is -2.47. The molecule has 0 atom stereocenters. The topological polar surface area (TPSA) is 51.2 Å². The number of morpholine rings is 1. The molecule has 0 bridgehead atoms. The van der Waals surface area contributed by atoms with Crippen LogP contribution in [0.1, 0.15) is 59.9 Å². The second-order valence-electron chi connectivity index (χ2n) is 11.1. The second-order valence-corrected chi connectivity index (χ2v) is 11.1. The van der Waals surface area contributed by atoms with E-state index in [1.807, 2.05) is 13.8 Å². The van der Waals surface area contributed by atoms with Gasteiger partial charge in [-0.25, -0.2) is 0 Å². The van der Waals surface area contributed by atoms with Crippen LogP contribution in [-0.4, -0.2) is 67.5 Å². The maximum absolute atomic E-state index is 13.5. The average molecular weight is 426 g/mol. The highest BCUT2D eigenvalue weighted by Gasteiger charge is 2.54. The molecule has 168 valence electrons. The first-order valence-corrected chi connectivity index (χ1v) is 11.7. The molecule has 1 aromatic rings. The van der Waals surface area contributed by atoms with Crippen LogP contribution in [0.25, 0.3) is 0 Å². The lowest BCUT2D eigenvalue weighted by molar-refractivity contribution is -0.123. The first-order chi connectivity index (χ1) is 14.5. The molecule has 7 heteroatoms. The zero-order valence-corrected chi connectivity index (χ0v) is 19.7. The summed E-state index contributed by atoms with van der Waals surface area (Å²) < 4.78 is 18.1. The SMILES string of the molecule is CC1(C)C(=O)N(C2CC(N3CCOCC3)C2)c2cc(B3OC(C)(C)C(C)(C)O3)ccc21. The van der Waals surface area contributed by atoms with Crippen molar-refractivity contribution in [2.75, 3.05) is 31.2 Å². The maximum Gasteiger partial charge on any atom is 0.494 e. The Labute approximate surface area is 186 Å². The zero-order valence-electron chi connectivity index (χ0n) is 19.7. The number of hydrogen-bond donors (Lipinski definition) is 0. The highest BCUT2D eigenvalue weighted by molar-refractivity contribution is 6.62. The van der Waals surface area contributed by atoms with Crippen molar-refractivity contribution in [3.05, 3.63) is 23.8 Å². The van der Waals surface area contributed by atoms with Crippen molar-refractivity contribution < 1.29 is 18.8 Å². The number of carbonyl (C=O) groups excluding carboxylic acids is 1. The highest BCUT2D eigenvalue weighted by Crippen LogP contribution is 2.46. The van der Waals surface area contributed by atoms with E-state index in [0.717, 1.165) is 55.9 Å². The molecule has 6 nitrogen and oxygen atoms in total. The summed E-state index contributed by atoms with van der Waals surface area (Å²) in [7, 11) is -0.418. The molecule has 1 aromatic carbocycles. The average Bonchev–Trinajstić information content (AvgIpc) is 3.02. The van der Waals surface area contributed by atoms with Gasteiger partial charge < -0.3 is 18.9 Å². The van der Waals surface area contributed by atoms with Crippen molar-refractivity contribution >= 4 is 24.2 Å². The fourth-order valence-corrected chi connectivity index (χ4v) is 5.30. The van der Waals surface area contributed by atoms with Crippen molar-refractivity contribution in [2.24, 2.45) is 0 Å². The zero-order chi connectivity index (χ0) is 22.2. The van der Waals surface area contributed by atoms with Crippen LogP contribution in [0, 0.1) is 0 Å². The van der Waals surface area contributed by atoms with Gasteiger partial charge in [-0.15, -0.1) is 0 Å². The van der Waals surface area contributed by atoms with E-state index in [-0.39, 0.29) is 23.2 Å². The number of ether oxygens (including phenoxy) is 1. The van der Waals surface area contributed by atoms with Gasteiger partial charge in [0.25, 0.3) is 0 Å². The van der Waals surface area contributed by atoms with Gasteiger partial charge in [0.05, 0.1) is 29.8 Å². The monoisotopic (exact) mass is 426 g/mol. The van der Waals surface area contributed by atoms with Gasteiger partial charge in [0.1, 0.15) is 0 Å². The minimum atomic E-state index is -0.506. The van der Waals surface area contributed by atoms with Crippen molar-refractivity contribution in [2.45, 2.75) is 83.1 Å². The molecule has 0 aromatic heterocycles. The molecule has 1 aliphatic carbocycles. The molecule has 0 spiro atoms. The number of amides is 1. The summed E-state index contributed by atoms with van der Waals surface area (Å²) in [6, 6.07) is 7.11. The van der Waals surface area contributed by atoms with Crippen molar-refractivity contribution in [1.82, 2.24) is 4.90 Å². The lowest BCUT2D eigenvalue weighted by Crippen LogP contribution is -2.58. The van der Waals surface area contributed by atoms with E-state index in [1.165, 1.54) is 0 Å². The number of rotatable bonds is 3. The molecule has 1 amide bonds. The summed E-state index contributed by atoms with van der Waals surface area (Å²) in [6.07, 6.45) is 2.06. The third kappa shape index (κ3) is 3.27. The number of hydrogen-bond acceptors (Lipinski definition) is 5. The largest absolute Gasteiger partial charge is 0.494 e. The van der Waals surface area contributed by atoms with Gasteiger partial charge in [0, 0.05) is 30.9 Å². The molecule has 3 aliphatic heterocycles. The Morgan fingerprint density at radius 2 is 1.55 bits per heavy atom. The summed E-state index contributed by atoms with van der Waals surface area (Å²) >= 11 is 0.